The van der Waals surface area contributed by atoms with E-state index in [0.29, 0.717) is 0 Å². The number of rotatable bonds is 2. The molecule has 0 saturated carbocycles. The summed E-state index contributed by atoms with van der Waals surface area (Å²) in [6, 6.07) is 23.4. The van der Waals surface area contributed by atoms with Gasteiger partial charge in [-0.1, -0.05) is 60.7 Å². The first-order valence-electron chi connectivity index (χ1n) is 7.08. The Balaban J connectivity index is 1.89. The summed E-state index contributed by atoms with van der Waals surface area (Å²) in [6.45, 7) is 0. The maximum absolute atomic E-state index is 4.63. The van der Waals surface area contributed by atoms with Gasteiger partial charge in [-0.3, -0.25) is 0 Å². The van der Waals surface area contributed by atoms with E-state index in [-0.39, 0.29) is 0 Å². The molecule has 0 fully saturated rings. The van der Waals surface area contributed by atoms with Crippen molar-refractivity contribution in [2.45, 2.75) is 11.4 Å². The maximum Gasteiger partial charge on any atom is 0.0737 e. The van der Waals surface area contributed by atoms with Crippen LogP contribution in [0.25, 0.3) is 21.7 Å². The van der Waals surface area contributed by atoms with Crippen LogP contribution in [-0.2, 0) is 6.42 Å². The minimum Gasteiger partial charge on any atom is -0.350 e. The van der Waals surface area contributed by atoms with Gasteiger partial charge in [0.15, 0.2) is 0 Å². The zero-order valence-electron chi connectivity index (χ0n) is 11.5. The maximum atomic E-state index is 4.63. The first-order chi connectivity index (χ1) is 10.3. The molecule has 3 aromatic carbocycles. The van der Waals surface area contributed by atoms with Gasteiger partial charge in [-0.2, -0.15) is 0 Å². The molecule has 0 unspecified atom stereocenters. The fourth-order valence-electron chi connectivity index (χ4n) is 3.00. The molecule has 0 amide bonds. The molecule has 0 bridgehead atoms. The van der Waals surface area contributed by atoms with Crippen LogP contribution in [0.3, 0.4) is 0 Å². The van der Waals surface area contributed by atoms with Gasteiger partial charge in [0.05, 0.1) is 5.03 Å². The first-order valence-corrected chi connectivity index (χ1v) is 7.53. The molecule has 1 heterocycles. The van der Waals surface area contributed by atoms with Crippen molar-refractivity contribution in [2.75, 3.05) is 0 Å². The second kappa shape index (κ2) is 4.97. The molecular weight excluding hydrogens is 274 g/mol. The molecule has 102 valence electrons. The third-order valence-electron chi connectivity index (χ3n) is 4.04. The summed E-state index contributed by atoms with van der Waals surface area (Å²) in [7, 11) is 0. The number of benzene rings is 3. The number of aromatic nitrogens is 1. The summed E-state index contributed by atoms with van der Waals surface area (Å²) < 4.78 is 0. The predicted molar refractivity (Wildman–Crippen MR) is 92.3 cm³/mol. The summed E-state index contributed by atoms with van der Waals surface area (Å²) in [5, 5.41) is 4.83. The van der Waals surface area contributed by atoms with E-state index in [1.807, 2.05) is 6.07 Å². The molecule has 2 heteroatoms. The number of hydrogen-bond donors (Lipinski definition) is 2. The van der Waals surface area contributed by atoms with Crippen LogP contribution in [0.5, 0.6) is 0 Å². The van der Waals surface area contributed by atoms with E-state index in [9.17, 15) is 0 Å². The van der Waals surface area contributed by atoms with Gasteiger partial charge in [0.1, 0.15) is 0 Å². The van der Waals surface area contributed by atoms with Crippen LogP contribution in [0.1, 0.15) is 11.1 Å². The molecule has 4 rings (SSSR count). The fourth-order valence-corrected chi connectivity index (χ4v) is 3.32. The molecule has 1 nitrogen and oxygen atoms in total. The summed E-state index contributed by atoms with van der Waals surface area (Å²) in [5.41, 5.74) is 3.76. The standard InChI is InChI=1S/C19H15NS/c21-19-17(16-10-3-4-11-18(16)20-19)12-14-8-5-7-13-6-1-2-9-15(13)14/h1-11,20-21H,12H2. The zero-order chi connectivity index (χ0) is 14.2. The van der Waals surface area contributed by atoms with Crippen molar-refractivity contribution < 1.29 is 0 Å². The lowest BCUT2D eigenvalue weighted by atomic mass is 9.98. The van der Waals surface area contributed by atoms with Crippen LogP contribution >= 0.6 is 12.6 Å². The molecule has 1 N–H and O–H groups in total. The largest absolute Gasteiger partial charge is 0.350 e. The molecule has 1 aromatic heterocycles. The summed E-state index contributed by atoms with van der Waals surface area (Å²) >= 11 is 4.63. The minimum atomic E-state index is 0.893. The highest BCUT2D eigenvalue weighted by Crippen LogP contribution is 2.29. The van der Waals surface area contributed by atoms with E-state index in [1.165, 1.54) is 27.3 Å². The predicted octanol–water partition coefficient (Wildman–Crippen LogP) is 5.20. The lowest BCUT2D eigenvalue weighted by Crippen LogP contribution is -1.90. The summed E-state index contributed by atoms with van der Waals surface area (Å²) in [5.74, 6) is 0. The Morgan fingerprint density at radius 3 is 2.38 bits per heavy atom. The van der Waals surface area contributed by atoms with Gasteiger partial charge in [-0.25, -0.2) is 0 Å². The van der Waals surface area contributed by atoms with Crippen LogP contribution < -0.4 is 0 Å². The molecular formula is C19H15NS. The SMILES string of the molecule is Sc1[nH]c2ccccc2c1Cc1cccc2ccccc12. The Morgan fingerprint density at radius 1 is 0.762 bits per heavy atom. The molecule has 0 saturated heterocycles. The molecule has 0 aliphatic heterocycles. The third kappa shape index (κ3) is 2.12. The van der Waals surface area contributed by atoms with Crippen molar-refractivity contribution in [1.29, 1.82) is 0 Å². The molecule has 0 radical (unpaired) electrons. The molecule has 21 heavy (non-hydrogen) atoms. The number of aromatic amines is 1. The topological polar surface area (TPSA) is 15.8 Å². The van der Waals surface area contributed by atoms with Crippen molar-refractivity contribution in [3.63, 3.8) is 0 Å². The van der Waals surface area contributed by atoms with Gasteiger partial charge in [-0.15, -0.1) is 12.6 Å². The van der Waals surface area contributed by atoms with Crippen LogP contribution in [0.2, 0.25) is 0 Å². The first kappa shape index (κ1) is 12.5. The number of nitrogens with one attached hydrogen (secondary N) is 1. The van der Waals surface area contributed by atoms with Crippen LogP contribution in [0.15, 0.2) is 71.8 Å². The molecule has 0 aliphatic rings. The molecule has 0 atom stereocenters. The lowest BCUT2D eigenvalue weighted by Gasteiger charge is -2.07. The van der Waals surface area contributed by atoms with Crippen LogP contribution in [-0.4, -0.2) is 4.98 Å². The lowest BCUT2D eigenvalue weighted by molar-refractivity contribution is 1.11. The van der Waals surface area contributed by atoms with Gasteiger partial charge in [0, 0.05) is 17.3 Å². The third-order valence-corrected chi connectivity index (χ3v) is 4.42. The number of H-pyrrole nitrogens is 1. The van der Waals surface area contributed by atoms with Gasteiger partial charge >= 0.3 is 0 Å². The second-order valence-corrected chi connectivity index (χ2v) is 5.76. The van der Waals surface area contributed by atoms with Crippen LogP contribution in [0, 0.1) is 0 Å². The normalized spacial score (nSPS) is 11.3. The smallest absolute Gasteiger partial charge is 0.0737 e. The van der Waals surface area contributed by atoms with E-state index >= 15 is 0 Å². The number of para-hydroxylation sites is 1. The Kier molecular flexibility index (Phi) is 2.97. The summed E-state index contributed by atoms with van der Waals surface area (Å²) in [4.78, 5) is 3.36. The van der Waals surface area contributed by atoms with Gasteiger partial charge in [-0.05, 0) is 28.0 Å². The van der Waals surface area contributed by atoms with E-state index in [4.69, 9.17) is 0 Å². The van der Waals surface area contributed by atoms with Crippen molar-refractivity contribution >= 4 is 34.3 Å². The zero-order valence-corrected chi connectivity index (χ0v) is 12.4. The summed E-state index contributed by atoms with van der Waals surface area (Å²) in [6.07, 6.45) is 0.893. The monoisotopic (exact) mass is 289 g/mol. The Hall–Kier alpha value is -2.19. The molecule has 0 spiro atoms. The van der Waals surface area contributed by atoms with Gasteiger partial charge in [0.2, 0.25) is 0 Å². The van der Waals surface area contributed by atoms with E-state index < -0.39 is 0 Å². The average Bonchev–Trinajstić information content (AvgIpc) is 2.84. The minimum absolute atomic E-state index is 0.893. The van der Waals surface area contributed by atoms with Crippen molar-refractivity contribution in [3.8, 4) is 0 Å². The number of fused-ring (bicyclic) bond motifs is 2. The highest BCUT2D eigenvalue weighted by molar-refractivity contribution is 7.80. The molecule has 0 aliphatic carbocycles. The van der Waals surface area contributed by atoms with Gasteiger partial charge in [0.25, 0.3) is 0 Å². The van der Waals surface area contributed by atoms with Crippen LogP contribution in [0.4, 0.5) is 0 Å². The average molecular weight is 289 g/mol. The Bertz CT molecular complexity index is 931. The van der Waals surface area contributed by atoms with E-state index in [0.717, 1.165) is 17.0 Å². The van der Waals surface area contributed by atoms with Crippen molar-refractivity contribution in [1.82, 2.24) is 4.98 Å². The quantitative estimate of drug-likeness (QED) is 0.472. The second-order valence-electron chi connectivity index (χ2n) is 5.31. The Morgan fingerprint density at radius 2 is 1.48 bits per heavy atom. The highest BCUT2D eigenvalue weighted by atomic mass is 32.1. The number of thiol groups is 1. The van der Waals surface area contributed by atoms with Crippen molar-refractivity contribution in [2.24, 2.45) is 0 Å². The van der Waals surface area contributed by atoms with E-state index in [2.05, 4.69) is 78.3 Å². The van der Waals surface area contributed by atoms with E-state index in [1.54, 1.807) is 0 Å². The fraction of sp³-hybridized carbons (Fsp3) is 0.0526. The number of hydrogen-bond acceptors (Lipinski definition) is 1. The Labute approximate surface area is 129 Å². The van der Waals surface area contributed by atoms with Gasteiger partial charge < -0.3 is 4.98 Å². The highest BCUT2D eigenvalue weighted by Gasteiger charge is 2.10. The van der Waals surface area contributed by atoms with Crippen molar-refractivity contribution in [3.05, 3.63) is 77.9 Å². The molecule has 4 aromatic rings.